The molecule has 2 N–H and O–H groups in total. The molecule has 2 heterocycles. The van der Waals surface area contributed by atoms with Gasteiger partial charge in [0.15, 0.2) is 0 Å². The third-order valence-electron chi connectivity index (χ3n) is 2.30. The molecular formula is C12H12N2O2S. The SMILES string of the molecule is Cc1ccnc(OCc2ccco2)c1C(N)=S. The van der Waals surface area contributed by atoms with Gasteiger partial charge in [0.2, 0.25) is 5.88 Å². The van der Waals surface area contributed by atoms with Crippen LogP contribution in [0.15, 0.2) is 35.1 Å². The maximum absolute atomic E-state index is 5.65. The van der Waals surface area contributed by atoms with E-state index in [-0.39, 0.29) is 4.99 Å². The molecule has 2 rings (SSSR count). The van der Waals surface area contributed by atoms with E-state index < -0.39 is 0 Å². The molecule has 0 fully saturated rings. The lowest BCUT2D eigenvalue weighted by atomic mass is 10.1. The fourth-order valence-electron chi connectivity index (χ4n) is 1.48. The Bertz CT molecular complexity index is 523. The molecule has 5 heteroatoms. The number of thiocarbonyl (C=S) groups is 1. The summed E-state index contributed by atoms with van der Waals surface area (Å²) >= 11 is 4.99. The van der Waals surface area contributed by atoms with Gasteiger partial charge in [0, 0.05) is 6.20 Å². The van der Waals surface area contributed by atoms with Crippen LogP contribution in [-0.4, -0.2) is 9.97 Å². The molecule has 0 aliphatic rings. The van der Waals surface area contributed by atoms with Gasteiger partial charge >= 0.3 is 0 Å². The Morgan fingerprint density at radius 1 is 1.53 bits per heavy atom. The van der Waals surface area contributed by atoms with Gasteiger partial charge in [0.1, 0.15) is 17.4 Å². The Hall–Kier alpha value is -1.88. The fourth-order valence-corrected chi connectivity index (χ4v) is 1.72. The van der Waals surface area contributed by atoms with E-state index in [1.54, 1.807) is 18.5 Å². The highest BCUT2D eigenvalue weighted by Crippen LogP contribution is 2.20. The van der Waals surface area contributed by atoms with E-state index in [0.717, 1.165) is 11.3 Å². The van der Waals surface area contributed by atoms with Gasteiger partial charge in [-0.1, -0.05) is 12.2 Å². The standard InChI is InChI=1S/C12H12N2O2S/c1-8-4-5-14-12(10(8)11(13)17)16-7-9-3-2-6-15-9/h2-6H,7H2,1H3,(H2,13,17). The zero-order chi connectivity index (χ0) is 12.3. The van der Waals surface area contributed by atoms with Crippen molar-refractivity contribution < 1.29 is 9.15 Å². The average molecular weight is 248 g/mol. The van der Waals surface area contributed by atoms with E-state index in [1.807, 2.05) is 19.1 Å². The molecule has 0 unspecified atom stereocenters. The maximum atomic E-state index is 5.65. The average Bonchev–Trinajstić information content (AvgIpc) is 2.78. The smallest absolute Gasteiger partial charge is 0.224 e. The summed E-state index contributed by atoms with van der Waals surface area (Å²) in [7, 11) is 0. The molecule has 17 heavy (non-hydrogen) atoms. The van der Waals surface area contributed by atoms with Gasteiger partial charge < -0.3 is 14.9 Å². The predicted molar refractivity (Wildman–Crippen MR) is 67.9 cm³/mol. The number of furan rings is 1. The molecule has 0 radical (unpaired) electrons. The number of aromatic nitrogens is 1. The summed E-state index contributed by atoms with van der Waals surface area (Å²) in [6.45, 7) is 2.22. The van der Waals surface area contributed by atoms with Crippen LogP contribution in [0.2, 0.25) is 0 Å². The summed E-state index contributed by atoms with van der Waals surface area (Å²) < 4.78 is 10.7. The summed E-state index contributed by atoms with van der Waals surface area (Å²) in [6.07, 6.45) is 3.26. The number of hydrogen-bond donors (Lipinski definition) is 1. The second-order valence-electron chi connectivity index (χ2n) is 3.54. The Labute approximate surface area is 104 Å². The van der Waals surface area contributed by atoms with Crippen molar-refractivity contribution in [2.45, 2.75) is 13.5 Å². The van der Waals surface area contributed by atoms with Crippen LogP contribution in [0.1, 0.15) is 16.9 Å². The van der Waals surface area contributed by atoms with Crippen LogP contribution < -0.4 is 10.5 Å². The van der Waals surface area contributed by atoms with Crippen LogP contribution in [0.5, 0.6) is 5.88 Å². The minimum atomic E-state index is 0.282. The lowest BCUT2D eigenvalue weighted by Crippen LogP contribution is -2.14. The van der Waals surface area contributed by atoms with Gasteiger partial charge in [-0.15, -0.1) is 0 Å². The minimum Gasteiger partial charge on any atom is -0.469 e. The van der Waals surface area contributed by atoms with E-state index >= 15 is 0 Å². The number of nitrogens with zero attached hydrogens (tertiary/aromatic N) is 1. The van der Waals surface area contributed by atoms with Crippen LogP contribution in [-0.2, 0) is 6.61 Å². The fraction of sp³-hybridized carbons (Fsp3) is 0.167. The normalized spacial score (nSPS) is 10.2. The molecule has 88 valence electrons. The molecule has 0 aliphatic carbocycles. The summed E-state index contributed by atoms with van der Waals surface area (Å²) in [5, 5.41) is 0. The third kappa shape index (κ3) is 2.62. The lowest BCUT2D eigenvalue weighted by molar-refractivity contribution is 0.260. The van der Waals surface area contributed by atoms with Crippen molar-refractivity contribution in [2.24, 2.45) is 5.73 Å². The molecule has 4 nitrogen and oxygen atoms in total. The predicted octanol–water partition coefficient (Wildman–Crippen LogP) is 2.20. The first-order valence-electron chi connectivity index (χ1n) is 5.09. The molecule has 0 spiro atoms. The van der Waals surface area contributed by atoms with E-state index in [0.29, 0.717) is 18.1 Å². The second kappa shape index (κ2) is 4.97. The highest BCUT2D eigenvalue weighted by Gasteiger charge is 2.11. The van der Waals surface area contributed by atoms with Crippen molar-refractivity contribution in [3.05, 3.63) is 47.5 Å². The van der Waals surface area contributed by atoms with Crippen LogP contribution in [0.4, 0.5) is 0 Å². The number of ether oxygens (including phenoxy) is 1. The molecule has 0 bridgehead atoms. The highest BCUT2D eigenvalue weighted by molar-refractivity contribution is 7.80. The molecule has 2 aromatic rings. The van der Waals surface area contributed by atoms with E-state index in [4.69, 9.17) is 27.1 Å². The number of rotatable bonds is 4. The van der Waals surface area contributed by atoms with Gasteiger partial charge in [-0.05, 0) is 30.7 Å². The third-order valence-corrected chi connectivity index (χ3v) is 2.51. The van der Waals surface area contributed by atoms with Crippen LogP contribution in [0.25, 0.3) is 0 Å². The topological polar surface area (TPSA) is 61.3 Å². The first-order chi connectivity index (χ1) is 8.18. The van der Waals surface area contributed by atoms with Crippen molar-refractivity contribution in [1.29, 1.82) is 0 Å². The molecule has 0 saturated carbocycles. The lowest BCUT2D eigenvalue weighted by Gasteiger charge is -2.10. The maximum Gasteiger partial charge on any atom is 0.224 e. The zero-order valence-corrected chi connectivity index (χ0v) is 10.2. The van der Waals surface area contributed by atoms with Crippen molar-refractivity contribution >= 4 is 17.2 Å². The molecule has 0 amide bonds. The Morgan fingerprint density at radius 2 is 2.35 bits per heavy atom. The van der Waals surface area contributed by atoms with Crippen LogP contribution in [0.3, 0.4) is 0 Å². The Kier molecular flexibility index (Phi) is 3.39. The summed E-state index contributed by atoms with van der Waals surface area (Å²) in [6, 6.07) is 5.47. The molecule has 0 aliphatic heterocycles. The molecular weight excluding hydrogens is 236 g/mol. The van der Waals surface area contributed by atoms with Crippen LogP contribution >= 0.6 is 12.2 Å². The van der Waals surface area contributed by atoms with Gasteiger partial charge in [-0.3, -0.25) is 0 Å². The zero-order valence-electron chi connectivity index (χ0n) is 9.34. The molecule has 0 atom stereocenters. The van der Waals surface area contributed by atoms with Gasteiger partial charge in [0.05, 0.1) is 11.8 Å². The first kappa shape index (κ1) is 11.6. The van der Waals surface area contributed by atoms with Gasteiger partial charge in [0.25, 0.3) is 0 Å². The van der Waals surface area contributed by atoms with Gasteiger partial charge in [-0.25, -0.2) is 4.98 Å². The van der Waals surface area contributed by atoms with E-state index in [1.165, 1.54) is 0 Å². The quantitative estimate of drug-likeness (QED) is 0.840. The Balaban J connectivity index is 2.21. The largest absolute Gasteiger partial charge is 0.469 e. The monoisotopic (exact) mass is 248 g/mol. The van der Waals surface area contributed by atoms with Crippen molar-refractivity contribution in [3.8, 4) is 5.88 Å². The summed E-state index contributed by atoms with van der Waals surface area (Å²) in [5.74, 6) is 1.16. The minimum absolute atomic E-state index is 0.282. The number of pyridine rings is 1. The van der Waals surface area contributed by atoms with Crippen molar-refractivity contribution in [2.75, 3.05) is 0 Å². The number of hydrogen-bond acceptors (Lipinski definition) is 4. The van der Waals surface area contributed by atoms with Crippen molar-refractivity contribution in [1.82, 2.24) is 4.98 Å². The first-order valence-corrected chi connectivity index (χ1v) is 5.50. The van der Waals surface area contributed by atoms with E-state index in [2.05, 4.69) is 4.98 Å². The van der Waals surface area contributed by atoms with Crippen molar-refractivity contribution in [3.63, 3.8) is 0 Å². The molecule has 2 aromatic heterocycles. The summed E-state index contributed by atoms with van der Waals surface area (Å²) in [4.78, 5) is 4.41. The van der Waals surface area contributed by atoms with E-state index in [9.17, 15) is 0 Å². The molecule has 0 saturated heterocycles. The summed E-state index contributed by atoms with van der Waals surface area (Å²) in [5.41, 5.74) is 7.27. The second-order valence-corrected chi connectivity index (χ2v) is 3.98. The Morgan fingerprint density at radius 3 is 3.00 bits per heavy atom. The van der Waals surface area contributed by atoms with Crippen LogP contribution in [0, 0.1) is 6.92 Å². The molecule has 0 aromatic carbocycles. The van der Waals surface area contributed by atoms with Gasteiger partial charge in [-0.2, -0.15) is 0 Å². The highest BCUT2D eigenvalue weighted by atomic mass is 32.1. The number of nitrogens with two attached hydrogens (primary N) is 1. The number of aryl methyl sites for hydroxylation is 1.